The largest absolute Gasteiger partial charge is 0.451 e. The number of benzene rings is 1. The van der Waals surface area contributed by atoms with E-state index in [2.05, 4.69) is 9.97 Å². The topological polar surface area (TPSA) is 72.0 Å². The number of ether oxygens (including phenoxy) is 1. The number of nitrogens with one attached hydrogen (secondary N) is 1. The fourth-order valence-corrected chi connectivity index (χ4v) is 3.80. The van der Waals surface area contributed by atoms with Crippen LogP contribution in [0.3, 0.4) is 0 Å². The Bertz CT molecular complexity index is 1040. The van der Waals surface area contributed by atoms with Gasteiger partial charge in [0.25, 0.3) is 5.56 Å². The molecule has 1 atom stereocenters. The Morgan fingerprint density at radius 3 is 2.76 bits per heavy atom. The molecule has 2 aromatic heterocycles. The van der Waals surface area contributed by atoms with E-state index in [0.29, 0.717) is 15.2 Å². The number of aromatic amines is 1. The van der Waals surface area contributed by atoms with Gasteiger partial charge in [-0.2, -0.15) is 0 Å². The van der Waals surface area contributed by atoms with Crippen molar-refractivity contribution in [1.82, 2.24) is 9.97 Å². The van der Waals surface area contributed by atoms with Crippen LogP contribution in [0.25, 0.3) is 10.2 Å². The zero-order chi connectivity index (χ0) is 18.3. The summed E-state index contributed by atoms with van der Waals surface area (Å²) < 4.78 is 5.39. The summed E-state index contributed by atoms with van der Waals surface area (Å²) >= 11 is 13.3. The van der Waals surface area contributed by atoms with Gasteiger partial charge in [-0.1, -0.05) is 23.2 Å². The Kier molecular flexibility index (Phi) is 4.86. The smallest absolute Gasteiger partial charge is 0.340 e. The summed E-state index contributed by atoms with van der Waals surface area (Å²) in [5.41, 5.74) is 0.827. The molecule has 0 fully saturated rings. The summed E-state index contributed by atoms with van der Waals surface area (Å²) in [6.07, 6.45) is -0.748. The summed E-state index contributed by atoms with van der Waals surface area (Å²) in [4.78, 5) is 33.4. The van der Waals surface area contributed by atoms with Gasteiger partial charge in [0, 0.05) is 9.90 Å². The lowest BCUT2D eigenvalue weighted by molar-refractivity contribution is 0.0320. The molecule has 25 heavy (non-hydrogen) atoms. The van der Waals surface area contributed by atoms with Gasteiger partial charge < -0.3 is 9.72 Å². The maximum absolute atomic E-state index is 12.3. The standard InChI is InChI=1S/C17H14Cl2N2O3S/c1-7-9(3)25-16-13(7)15(22)20-14(21-16)8(2)24-17(23)11-6-10(18)4-5-12(11)19/h4-6,8H,1-3H3,(H,20,21,22). The maximum atomic E-state index is 12.3. The van der Waals surface area contributed by atoms with Crippen molar-refractivity contribution in [2.75, 3.05) is 0 Å². The SMILES string of the molecule is Cc1sc2nc(C(C)OC(=O)c3cc(Cl)ccc3Cl)[nH]c(=O)c2c1C. The number of carbonyl (C=O) groups is 1. The van der Waals surface area contributed by atoms with E-state index in [9.17, 15) is 9.59 Å². The van der Waals surface area contributed by atoms with Gasteiger partial charge in [0.05, 0.1) is 16.0 Å². The van der Waals surface area contributed by atoms with Crippen molar-refractivity contribution < 1.29 is 9.53 Å². The molecule has 0 amide bonds. The summed E-state index contributed by atoms with van der Waals surface area (Å²) in [7, 11) is 0. The van der Waals surface area contributed by atoms with E-state index in [1.807, 2.05) is 13.8 Å². The molecule has 3 rings (SSSR count). The first-order valence-corrected chi connectivity index (χ1v) is 9.01. The van der Waals surface area contributed by atoms with Crippen LogP contribution in [-0.4, -0.2) is 15.9 Å². The van der Waals surface area contributed by atoms with E-state index >= 15 is 0 Å². The minimum absolute atomic E-state index is 0.159. The molecule has 8 heteroatoms. The van der Waals surface area contributed by atoms with Gasteiger partial charge in [0.2, 0.25) is 0 Å². The fraction of sp³-hybridized carbons (Fsp3) is 0.235. The van der Waals surface area contributed by atoms with Gasteiger partial charge in [-0.05, 0) is 44.5 Å². The fourth-order valence-electron chi connectivity index (χ4n) is 2.40. The number of nitrogens with zero attached hydrogens (tertiary/aromatic N) is 1. The Morgan fingerprint density at radius 1 is 1.32 bits per heavy atom. The normalized spacial score (nSPS) is 12.4. The third-order valence-electron chi connectivity index (χ3n) is 3.87. The van der Waals surface area contributed by atoms with Crippen molar-refractivity contribution in [1.29, 1.82) is 0 Å². The van der Waals surface area contributed by atoms with E-state index < -0.39 is 12.1 Å². The number of rotatable bonds is 3. The van der Waals surface area contributed by atoms with Gasteiger partial charge in [0.1, 0.15) is 4.83 Å². The minimum Gasteiger partial charge on any atom is -0.451 e. The minimum atomic E-state index is -0.748. The van der Waals surface area contributed by atoms with E-state index in [0.717, 1.165) is 10.4 Å². The van der Waals surface area contributed by atoms with Crippen LogP contribution in [-0.2, 0) is 4.74 Å². The molecule has 5 nitrogen and oxygen atoms in total. The van der Waals surface area contributed by atoms with Crippen molar-refractivity contribution in [3.8, 4) is 0 Å². The van der Waals surface area contributed by atoms with Crippen molar-refractivity contribution in [3.05, 3.63) is 60.4 Å². The summed E-state index contributed by atoms with van der Waals surface area (Å²) in [5.74, 6) is -0.355. The second kappa shape index (κ2) is 6.78. The van der Waals surface area contributed by atoms with E-state index in [1.165, 1.54) is 23.5 Å². The lowest BCUT2D eigenvalue weighted by Gasteiger charge is -2.13. The van der Waals surface area contributed by atoms with Crippen molar-refractivity contribution in [2.24, 2.45) is 0 Å². The first-order valence-electron chi connectivity index (χ1n) is 7.44. The highest BCUT2D eigenvalue weighted by Crippen LogP contribution is 2.28. The van der Waals surface area contributed by atoms with Crippen LogP contribution < -0.4 is 5.56 Å². The number of H-pyrrole nitrogens is 1. The molecule has 0 aliphatic carbocycles. The van der Waals surface area contributed by atoms with Crippen LogP contribution in [0.5, 0.6) is 0 Å². The highest BCUT2D eigenvalue weighted by molar-refractivity contribution is 7.18. The van der Waals surface area contributed by atoms with Gasteiger partial charge in [-0.15, -0.1) is 11.3 Å². The van der Waals surface area contributed by atoms with Crippen LogP contribution in [0.2, 0.25) is 10.0 Å². The van der Waals surface area contributed by atoms with Crippen molar-refractivity contribution >= 4 is 50.7 Å². The average Bonchev–Trinajstić information content (AvgIpc) is 2.84. The number of aryl methyl sites for hydroxylation is 2. The Labute approximate surface area is 157 Å². The highest BCUT2D eigenvalue weighted by atomic mass is 35.5. The van der Waals surface area contributed by atoms with Gasteiger partial charge >= 0.3 is 5.97 Å². The van der Waals surface area contributed by atoms with Crippen LogP contribution in [0.4, 0.5) is 0 Å². The number of aromatic nitrogens is 2. The molecule has 3 aromatic rings. The van der Waals surface area contributed by atoms with E-state index in [4.69, 9.17) is 27.9 Å². The molecule has 0 spiro atoms. The van der Waals surface area contributed by atoms with E-state index in [1.54, 1.807) is 13.0 Å². The third-order valence-corrected chi connectivity index (χ3v) is 5.54. The molecule has 1 unspecified atom stereocenters. The molecule has 0 radical (unpaired) electrons. The summed E-state index contributed by atoms with van der Waals surface area (Å²) in [6.45, 7) is 5.45. The predicted molar refractivity (Wildman–Crippen MR) is 100 cm³/mol. The molecule has 1 aromatic carbocycles. The lowest BCUT2D eigenvalue weighted by atomic mass is 10.2. The Hall–Kier alpha value is -1.89. The molecule has 130 valence electrons. The zero-order valence-electron chi connectivity index (χ0n) is 13.6. The summed E-state index contributed by atoms with van der Waals surface area (Å²) in [6, 6.07) is 4.54. The monoisotopic (exact) mass is 396 g/mol. The molecule has 1 N–H and O–H groups in total. The van der Waals surface area contributed by atoms with Gasteiger partial charge in [-0.3, -0.25) is 4.79 Å². The number of fused-ring (bicyclic) bond motifs is 1. The number of thiophene rings is 1. The number of carbonyl (C=O) groups excluding carboxylic acids is 1. The number of hydrogen-bond acceptors (Lipinski definition) is 5. The summed E-state index contributed by atoms with van der Waals surface area (Å²) in [5, 5.41) is 1.19. The lowest BCUT2D eigenvalue weighted by Crippen LogP contribution is -2.17. The molecule has 0 saturated carbocycles. The second-order valence-electron chi connectivity index (χ2n) is 5.59. The van der Waals surface area contributed by atoms with Crippen LogP contribution in [0.15, 0.2) is 23.0 Å². The van der Waals surface area contributed by atoms with E-state index in [-0.39, 0.29) is 22.0 Å². The molecule has 0 bridgehead atoms. The Balaban J connectivity index is 1.92. The predicted octanol–water partition coefficient (Wildman–Crippen LogP) is 4.83. The average molecular weight is 397 g/mol. The van der Waals surface area contributed by atoms with Crippen LogP contribution >= 0.6 is 34.5 Å². The van der Waals surface area contributed by atoms with Crippen LogP contribution in [0.1, 0.15) is 39.7 Å². The van der Waals surface area contributed by atoms with Crippen molar-refractivity contribution in [2.45, 2.75) is 26.9 Å². The number of hydrogen-bond donors (Lipinski definition) is 1. The zero-order valence-corrected chi connectivity index (χ0v) is 16.0. The molecular weight excluding hydrogens is 383 g/mol. The Morgan fingerprint density at radius 2 is 2.04 bits per heavy atom. The third kappa shape index (κ3) is 3.42. The molecule has 2 heterocycles. The first kappa shape index (κ1) is 17.9. The first-order chi connectivity index (χ1) is 11.8. The van der Waals surface area contributed by atoms with Crippen molar-refractivity contribution in [3.63, 3.8) is 0 Å². The quantitative estimate of drug-likeness (QED) is 0.643. The number of halogens is 2. The molecular formula is C17H14Cl2N2O3S. The highest BCUT2D eigenvalue weighted by Gasteiger charge is 2.20. The molecule has 0 aliphatic heterocycles. The molecule has 0 saturated heterocycles. The maximum Gasteiger partial charge on any atom is 0.340 e. The molecule has 0 aliphatic rings. The van der Waals surface area contributed by atoms with Gasteiger partial charge in [0.15, 0.2) is 11.9 Å². The number of esters is 1. The van der Waals surface area contributed by atoms with Crippen LogP contribution in [0, 0.1) is 13.8 Å². The van der Waals surface area contributed by atoms with Gasteiger partial charge in [-0.25, -0.2) is 9.78 Å². The second-order valence-corrected chi connectivity index (χ2v) is 7.63.